The van der Waals surface area contributed by atoms with Gasteiger partial charge in [-0.2, -0.15) is 8.78 Å². The summed E-state index contributed by atoms with van der Waals surface area (Å²) in [7, 11) is 0. The number of alkyl halides is 5. The van der Waals surface area contributed by atoms with Crippen LogP contribution in [0.4, 0.5) is 22.0 Å². The third kappa shape index (κ3) is 7.51. The topological polar surface area (TPSA) is 18.5 Å². The number of halogens is 5. The fraction of sp³-hybridized carbons (Fsp3) is 0.760. The zero-order valence-corrected chi connectivity index (χ0v) is 18.8. The highest BCUT2D eigenvalue weighted by Gasteiger charge is 2.45. The molecule has 3 rings (SSSR count). The van der Waals surface area contributed by atoms with Gasteiger partial charge in [-0.05, 0) is 80.5 Å². The minimum absolute atomic E-state index is 0.159. The second-order valence-electron chi connectivity index (χ2n) is 9.57. The van der Waals surface area contributed by atoms with Crippen LogP contribution >= 0.6 is 0 Å². The molecule has 0 bridgehead atoms. The Morgan fingerprint density at radius 2 is 1.22 bits per heavy atom. The molecule has 0 radical (unpaired) electrons. The van der Waals surface area contributed by atoms with E-state index in [0.717, 1.165) is 43.0 Å². The third-order valence-corrected chi connectivity index (χ3v) is 7.33. The minimum atomic E-state index is -4.82. The van der Waals surface area contributed by atoms with Crippen molar-refractivity contribution in [2.75, 3.05) is 0 Å². The van der Waals surface area contributed by atoms with Crippen LogP contribution in [0, 0.1) is 23.7 Å². The summed E-state index contributed by atoms with van der Waals surface area (Å²) in [5, 5.41) is 0. The maximum atomic E-state index is 14.7. The van der Waals surface area contributed by atoms with Crippen LogP contribution in [0.15, 0.2) is 24.3 Å². The van der Waals surface area contributed by atoms with E-state index in [1.54, 1.807) is 0 Å². The molecule has 2 nitrogen and oxygen atoms in total. The van der Waals surface area contributed by atoms with Crippen LogP contribution in [0.1, 0.15) is 84.0 Å². The molecule has 2 fully saturated rings. The standard InChI is InChI=1S/C25H35F5O2/c1-2-3-4-5-18-6-8-19(9-7-18)20-10-12-21(13-11-20)24(26,27)31-22-14-16-23(17-15-22)32-25(28,29)30/h14-21H,2-13H2,1H3/t18-,19-,20-,21-. The minimum Gasteiger partial charge on any atom is -0.432 e. The molecule has 7 heteroatoms. The van der Waals surface area contributed by atoms with Crippen LogP contribution in [0.25, 0.3) is 0 Å². The van der Waals surface area contributed by atoms with Gasteiger partial charge in [-0.3, -0.25) is 0 Å². The van der Waals surface area contributed by atoms with E-state index in [-0.39, 0.29) is 5.75 Å². The number of unbranched alkanes of at least 4 members (excludes halogenated alkanes) is 2. The Hall–Kier alpha value is -1.53. The molecule has 2 aliphatic carbocycles. The Morgan fingerprint density at radius 3 is 1.72 bits per heavy atom. The molecular weight excluding hydrogens is 427 g/mol. The van der Waals surface area contributed by atoms with Crippen LogP contribution in [0.2, 0.25) is 0 Å². The molecule has 0 aliphatic heterocycles. The lowest BCUT2D eigenvalue weighted by atomic mass is 9.68. The van der Waals surface area contributed by atoms with Gasteiger partial charge in [-0.25, -0.2) is 0 Å². The van der Waals surface area contributed by atoms with E-state index in [1.807, 2.05) is 0 Å². The van der Waals surface area contributed by atoms with E-state index in [1.165, 1.54) is 51.4 Å². The predicted octanol–water partition coefficient (Wildman–Crippen LogP) is 8.75. The molecular formula is C25H35F5O2. The van der Waals surface area contributed by atoms with E-state index in [9.17, 15) is 22.0 Å². The first-order chi connectivity index (χ1) is 15.2. The molecule has 32 heavy (non-hydrogen) atoms. The second-order valence-corrected chi connectivity index (χ2v) is 9.57. The van der Waals surface area contributed by atoms with Crippen LogP contribution in [-0.2, 0) is 0 Å². The fourth-order valence-electron chi connectivity index (χ4n) is 5.51. The van der Waals surface area contributed by atoms with E-state index >= 15 is 0 Å². The molecule has 1 aromatic carbocycles. The summed E-state index contributed by atoms with van der Waals surface area (Å²) in [6, 6.07) is 4.13. The number of hydrogen-bond donors (Lipinski definition) is 0. The van der Waals surface area contributed by atoms with Crippen molar-refractivity contribution in [2.24, 2.45) is 23.7 Å². The normalized spacial score (nSPS) is 27.2. The zero-order chi connectivity index (χ0) is 23.2. The first-order valence-corrected chi connectivity index (χ1v) is 12.1. The summed E-state index contributed by atoms with van der Waals surface area (Å²) in [5.74, 6) is 0.545. The van der Waals surface area contributed by atoms with Gasteiger partial charge in [0.25, 0.3) is 0 Å². The molecule has 0 amide bonds. The summed E-state index contributed by atoms with van der Waals surface area (Å²) < 4.78 is 74.8. The lowest BCUT2D eigenvalue weighted by Gasteiger charge is -2.39. The molecule has 0 atom stereocenters. The Morgan fingerprint density at radius 1 is 0.719 bits per heavy atom. The van der Waals surface area contributed by atoms with Gasteiger partial charge in [-0.15, -0.1) is 13.2 Å². The molecule has 0 N–H and O–H groups in total. The van der Waals surface area contributed by atoms with Crippen molar-refractivity contribution in [3.8, 4) is 11.5 Å². The lowest BCUT2D eigenvalue weighted by Crippen LogP contribution is -2.38. The van der Waals surface area contributed by atoms with Gasteiger partial charge in [0.2, 0.25) is 0 Å². The maximum absolute atomic E-state index is 14.7. The Labute approximate surface area is 187 Å². The van der Waals surface area contributed by atoms with Crippen molar-refractivity contribution >= 4 is 0 Å². The van der Waals surface area contributed by atoms with Crippen molar-refractivity contribution in [1.82, 2.24) is 0 Å². The smallest absolute Gasteiger partial charge is 0.432 e. The van der Waals surface area contributed by atoms with E-state index in [4.69, 9.17) is 4.74 Å². The summed E-state index contributed by atoms with van der Waals surface area (Å²) in [6.45, 7) is 2.23. The average Bonchev–Trinajstić information content (AvgIpc) is 2.75. The lowest BCUT2D eigenvalue weighted by molar-refractivity contribution is -0.274. The summed E-state index contributed by atoms with van der Waals surface area (Å²) >= 11 is 0. The largest absolute Gasteiger partial charge is 0.573 e. The van der Waals surface area contributed by atoms with Crippen LogP contribution in [0.5, 0.6) is 11.5 Å². The van der Waals surface area contributed by atoms with Crippen molar-refractivity contribution < 1.29 is 31.4 Å². The van der Waals surface area contributed by atoms with Crippen molar-refractivity contribution in [1.29, 1.82) is 0 Å². The molecule has 182 valence electrons. The Bertz CT molecular complexity index is 673. The van der Waals surface area contributed by atoms with Gasteiger partial charge in [0.15, 0.2) is 0 Å². The van der Waals surface area contributed by atoms with Crippen LogP contribution < -0.4 is 9.47 Å². The monoisotopic (exact) mass is 462 g/mol. The average molecular weight is 463 g/mol. The maximum Gasteiger partial charge on any atom is 0.573 e. The van der Waals surface area contributed by atoms with Gasteiger partial charge in [0, 0.05) is 0 Å². The van der Waals surface area contributed by atoms with Crippen molar-refractivity contribution in [2.45, 2.75) is 96.4 Å². The third-order valence-electron chi connectivity index (χ3n) is 7.33. The first-order valence-electron chi connectivity index (χ1n) is 12.1. The van der Waals surface area contributed by atoms with Crippen LogP contribution in [0.3, 0.4) is 0 Å². The van der Waals surface area contributed by atoms with Gasteiger partial charge >= 0.3 is 12.5 Å². The zero-order valence-electron chi connectivity index (χ0n) is 18.8. The molecule has 2 saturated carbocycles. The number of ether oxygens (including phenoxy) is 2. The molecule has 0 spiro atoms. The first kappa shape index (κ1) is 25.1. The van der Waals surface area contributed by atoms with Crippen LogP contribution in [-0.4, -0.2) is 12.5 Å². The highest BCUT2D eigenvalue weighted by atomic mass is 19.4. The van der Waals surface area contributed by atoms with E-state index in [2.05, 4.69) is 11.7 Å². The summed E-state index contributed by atoms with van der Waals surface area (Å²) in [6.07, 6.45) is 4.52. The highest BCUT2D eigenvalue weighted by Crippen LogP contribution is 2.46. The Kier molecular flexibility index (Phi) is 8.68. The van der Waals surface area contributed by atoms with Crippen molar-refractivity contribution in [3.05, 3.63) is 24.3 Å². The Balaban J connectivity index is 1.43. The second kappa shape index (κ2) is 11.1. The fourth-order valence-corrected chi connectivity index (χ4v) is 5.51. The highest BCUT2D eigenvalue weighted by molar-refractivity contribution is 5.31. The summed E-state index contributed by atoms with van der Waals surface area (Å²) in [4.78, 5) is 0. The number of rotatable bonds is 9. The number of benzene rings is 1. The van der Waals surface area contributed by atoms with Gasteiger partial charge < -0.3 is 9.47 Å². The molecule has 2 aliphatic rings. The van der Waals surface area contributed by atoms with Gasteiger partial charge in [0.1, 0.15) is 11.5 Å². The van der Waals surface area contributed by atoms with E-state index in [0.29, 0.717) is 24.7 Å². The quantitative estimate of drug-likeness (QED) is 0.270. The molecule has 0 unspecified atom stereocenters. The van der Waals surface area contributed by atoms with E-state index < -0.39 is 24.1 Å². The predicted molar refractivity (Wildman–Crippen MR) is 114 cm³/mol. The van der Waals surface area contributed by atoms with Gasteiger partial charge in [-0.1, -0.05) is 45.4 Å². The molecule has 1 aromatic rings. The summed E-state index contributed by atoms with van der Waals surface area (Å²) in [5.41, 5.74) is 0. The molecule has 0 saturated heterocycles. The van der Waals surface area contributed by atoms with Crippen molar-refractivity contribution in [3.63, 3.8) is 0 Å². The van der Waals surface area contributed by atoms with Gasteiger partial charge in [0.05, 0.1) is 5.92 Å². The molecule has 0 heterocycles. The molecule has 0 aromatic heterocycles. The SMILES string of the molecule is CCCCC[C@H]1CC[C@H]([C@H]2CC[C@H](C(F)(F)Oc3ccc(OC(F)(F)F)cc3)CC2)CC1. The number of hydrogen-bond acceptors (Lipinski definition) is 2.